The van der Waals surface area contributed by atoms with Crippen LogP contribution in [-0.2, 0) is 22.7 Å². The number of aromatic nitrogens is 1. The maximum absolute atomic E-state index is 4.39. The smallest absolute Gasteiger partial charge is 1.00 e. The molecule has 1 aromatic heterocycles. The summed E-state index contributed by atoms with van der Waals surface area (Å²) >= 11 is 7.11. The van der Waals surface area contributed by atoms with Gasteiger partial charge in [0.1, 0.15) is 0 Å². The van der Waals surface area contributed by atoms with Crippen LogP contribution in [0.15, 0.2) is 45.7 Å². The van der Waals surface area contributed by atoms with E-state index in [9.17, 15) is 0 Å². The van der Waals surface area contributed by atoms with E-state index in [1.165, 1.54) is 15.2 Å². The van der Waals surface area contributed by atoms with Crippen molar-refractivity contribution in [3.63, 3.8) is 0 Å². The van der Waals surface area contributed by atoms with Gasteiger partial charge >= 0.3 is 121 Å². The monoisotopic (exact) mass is 414 g/mol. The fraction of sp³-hybridized carbons (Fsp3) is 0.308. The molecule has 19 heavy (non-hydrogen) atoms. The van der Waals surface area contributed by atoms with Gasteiger partial charge in [-0.05, 0) is 0 Å². The maximum Gasteiger partial charge on any atom is -1.00 e. The third kappa shape index (κ3) is 5.04. The van der Waals surface area contributed by atoms with E-state index in [1.807, 2.05) is 12.3 Å². The molecule has 2 rings (SSSR count). The molecule has 0 unspecified atom stereocenters. The molecule has 0 bridgehead atoms. The van der Waals surface area contributed by atoms with Crippen LogP contribution in [0.25, 0.3) is 0 Å². The standard InChI is InChI=1S/C13H15BrNSi.2ClH.Cr/c1-16(2,14)13-7-6-11(10-13)9-12-5-3-4-8-15-12;;;/h3-5,7-8H,6,9H2,1-2H3;2*1H;/q;;;+2/p-2. The third-order valence-electron chi connectivity index (χ3n) is 2.88. The molecule has 0 saturated heterocycles. The molecule has 0 fully saturated rings. The van der Waals surface area contributed by atoms with Crippen molar-refractivity contribution in [1.29, 1.82) is 0 Å². The van der Waals surface area contributed by atoms with Crippen molar-refractivity contribution in [1.82, 2.24) is 4.98 Å². The van der Waals surface area contributed by atoms with Crippen LogP contribution in [0.4, 0.5) is 0 Å². The van der Waals surface area contributed by atoms with Crippen molar-refractivity contribution in [3.8, 4) is 0 Å². The zero-order valence-electron chi connectivity index (χ0n) is 10.8. The van der Waals surface area contributed by atoms with E-state index in [-0.39, 0.29) is 24.8 Å². The molecule has 103 valence electrons. The molecular formula is C13H15BrCl2CrNSi. The average molecular weight is 416 g/mol. The summed E-state index contributed by atoms with van der Waals surface area (Å²) in [6, 6.07) is 6.10. The quantitative estimate of drug-likeness (QED) is 0.407. The molecule has 6 heteroatoms. The van der Waals surface area contributed by atoms with E-state index >= 15 is 0 Å². The Labute approximate surface area is 144 Å². The van der Waals surface area contributed by atoms with E-state index in [0.717, 1.165) is 18.5 Å². The Morgan fingerprint density at radius 2 is 2.00 bits per heavy atom. The Bertz CT molecular complexity index is 483. The minimum Gasteiger partial charge on any atom is -1.00 e. The van der Waals surface area contributed by atoms with Gasteiger partial charge in [0.25, 0.3) is 0 Å². The minimum absolute atomic E-state index is 0. The van der Waals surface area contributed by atoms with Crippen LogP contribution in [0.3, 0.4) is 0 Å². The van der Waals surface area contributed by atoms with Gasteiger partial charge in [-0.1, -0.05) is 0 Å². The van der Waals surface area contributed by atoms with Gasteiger partial charge in [-0.3, -0.25) is 0 Å². The second-order valence-corrected chi connectivity index (χ2v) is 14.8. The Morgan fingerprint density at radius 1 is 1.32 bits per heavy atom. The van der Waals surface area contributed by atoms with Crippen LogP contribution in [0.5, 0.6) is 0 Å². The summed E-state index contributed by atoms with van der Waals surface area (Å²) in [6.07, 6.45) is 6.25. The van der Waals surface area contributed by atoms with Crippen molar-refractivity contribution in [3.05, 3.63) is 51.4 Å². The van der Waals surface area contributed by atoms with Crippen LogP contribution in [-0.4, -0.2) is 11.7 Å². The molecular weight excluding hydrogens is 401 g/mol. The van der Waals surface area contributed by atoms with Gasteiger partial charge in [-0.15, -0.1) is 0 Å². The summed E-state index contributed by atoms with van der Waals surface area (Å²) in [7, 11) is 0. The van der Waals surface area contributed by atoms with Gasteiger partial charge in [0.15, 0.2) is 0 Å². The molecule has 0 N–H and O–H groups in total. The summed E-state index contributed by atoms with van der Waals surface area (Å²) in [6.45, 7) is 3.26. The number of hydrogen-bond donors (Lipinski definition) is 0. The van der Waals surface area contributed by atoms with Gasteiger partial charge in [0, 0.05) is 0 Å². The fourth-order valence-corrected chi connectivity index (χ4v) is 6.59. The maximum atomic E-state index is 4.39. The summed E-state index contributed by atoms with van der Waals surface area (Å²) in [5, 5.41) is 1.50. The molecule has 0 aromatic carbocycles. The number of nitrogens with zero attached hydrogens (tertiary/aromatic N) is 1. The number of allylic oxidation sites excluding steroid dienone is 4. The topological polar surface area (TPSA) is 12.9 Å². The first-order chi connectivity index (χ1) is 7.98. The van der Waals surface area contributed by atoms with Crippen LogP contribution >= 0.6 is 15.3 Å². The van der Waals surface area contributed by atoms with Crippen LogP contribution in [0.2, 0.25) is 13.1 Å². The van der Waals surface area contributed by atoms with Crippen LogP contribution in [0.1, 0.15) is 12.1 Å². The molecule has 1 heterocycles. The molecule has 0 saturated carbocycles. The van der Waals surface area contributed by atoms with Gasteiger partial charge in [-0.2, -0.15) is 0 Å². The zero-order valence-corrected chi connectivity index (χ0v) is 16.2. The first-order valence-electron chi connectivity index (χ1n) is 5.67. The molecule has 1 aromatic rings. The average Bonchev–Trinajstić information content (AvgIpc) is 2.61. The first-order valence-corrected chi connectivity index (χ1v) is 11.6. The third-order valence-corrected chi connectivity index (χ3v) is 6.99. The fourth-order valence-electron chi connectivity index (χ4n) is 1.99. The van der Waals surface area contributed by atoms with Gasteiger partial charge in [0.2, 0.25) is 0 Å². The second kappa shape index (κ2) is 8.02. The number of hydrogen-bond acceptors (Lipinski definition) is 1. The number of pyridine rings is 1. The Kier molecular flexibility index (Phi) is 8.21. The van der Waals surface area contributed by atoms with Crippen molar-refractivity contribution in [2.24, 2.45) is 0 Å². The van der Waals surface area contributed by atoms with Gasteiger partial charge in [-0.25, -0.2) is 0 Å². The van der Waals surface area contributed by atoms with E-state index in [2.05, 4.69) is 67.9 Å². The Balaban J connectivity index is 0.00000162. The summed E-state index contributed by atoms with van der Waals surface area (Å²) < 4.78 is 1.36. The number of halogens is 3. The van der Waals surface area contributed by atoms with Crippen molar-refractivity contribution in [2.45, 2.75) is 25.9 Å². The predicted molar refractivity (Wildman–Crippen MR) is 74.1 cm³/mol. The summed E-state index contributed by atoms with van der Waals surface area (Å²) in [4.78, 5) is 4.39. The molecule has 1 aliphatic carbocycles. The normalized spacial score (nSPS) is 14.5. The number of rotatable bonds is 3. The minimum atomic E-state index is -1.38. The van der Waals surface area contributed by atoms with Gasteiger partial charge in [0.05, 0.1) is 0 Å². The molecule has 0 atom stereocenters. The van der Waals surface area contributed by atoms with Crippen LogP contribution in [0, 0.1) is 0 Å². The van der Waals surface area contributed by atoms with E-state index in [4.69, 9.17) is 0 Å². The van der Waals surface area contributed by atoms with E-state index in [1.54, 1.807) is 0 Å². The summed E-state index contributed by atoms with van der Waals surface area (Å²) in [5.41, 5.74) is 2.62. The SMILES string of the molecule is C[Si](C)(Br)C1=CCC(Cc2ccccn2)=[C]1[Cr+2].[Cl-].[Cl-]. The molecule has 1 aliphatic rings. The molecule has 0 radical (unpaired) electrons. The molecule has 1 nitrogen and oxygen atoms in total. The molecule has 0 amide bonds. The van der Waals surface area contributed by atoms with E-state index < -0.39 is 6.69 Å². The van der Waals surface area contributed by atoms with Gasteiger partial charge < -0.3 is 24.8 Å². The largest absolute Gasteiger partial charge is 1.00 e. The predicted octanol–water partition coefficient (Wildman–Crippen LogP) is -2.10. The molecule has 0 spiro atoms. The van der Waals surface area contributed by atoms with E-state index in [0.29, 0.717) is 0 Å². The Hall–Kier alpha value is 0.439. The van der Waals surface area contributed by atoms with Crippen molar-refractivity contribution < 1.29 is 41.1 Å². The Morgan fingerprint density at radius 3 is 2.47 bits per heavy atom. The van der Waals surface area contributed by atoms with Crippen LogP contribution < -0.4 is 24.8 Å². The van der Waals surface area contributed by atoms with Crippen molar-refractivity contribution >= 4 is 22.0 Å². The summed E-state index contributed by atoms with van der Waals surface area (Å²) in [5.74, 6) is 0. The second-order valence-electron chi connectivity index (χ2n) is 4.72. The molecule has 0 aliphatic heterocycles. The first kappa shape index (κ1) is 19.4. The van der Waals surface area contributed by atoms with Crippen molar-refractivity contribution in [2.75, 3.05) is 0 Å². The zero-order chi connectivity index (χ0) is 12.5.